The molecule has 0 saturated heterocycles. The lowest BCUT2D eigenvalue weighted by Crippen LogP contribution is -2.25. The summed E-state index contributed by atoms with van der Waals surface area (Å²) in [5.41, 5.74) is 8.38. The highest BCUT2D eigenvalue weighted by molar-refractivity contribution is 9.10. The second-order valence-electron chi connectivity index (χ2n) is 5.04. The Morgan fingerprint density at radius 2 is 2.10 bits per heavy atom. The molecule has 1 heterocycles. The molecule has 1 unspecified atom stereocenters. The zero-order valence-electron chi connectivity index (χ0n) is 12.2. The summed E-state index contributed by atoms with van der Waals surface area (Å²) in [7, 11) is 0. The van der Waals surface area contributed by atoms with Crippen LogP contribution in [0.5, 0.6) is 0 Å². The molecule has 3 nitrogen and oxygen atoms in total. The maximum Gasteiger partial charge on any atom is 0.129 e. The Morgan fingerprint density at radius 3 is 2.76 bits per heavy atom. The molecule has 0 aliphatic heterocycles. The summed E-state index contributed by atoms with van der Waals surface area (Å²) in [6.07, 6.45) is 2.67. The number of halogens is 2. The highest BCUT2D eigenvalue weighted by Crippen LogP contribution is 2.29. The standard InChI is InChI=1S/C16H19BrFN3/c1-3-6-20-15(12-5-4-11(17)8-14(12)18)13-7-10(2)9-21-16(13)19/h4-5,7-9,15,20H,3,6H2,1-2H3,(H2,19,21). The van der Waals surface area contributed by atoms with E-state index in [0.29, 0.717) is 15.9 Å². The number of nitrogens with zero attached hydrogens (tertiary/aromatic N) is 1. The monoisotopic (exact) mass is 351 g/mol. The minimum atomic E-state index is -0.301. The van der Waals surface area contributed by atoms with Crippen LogP contribution in [0, 0.1) is 12.7 Å². The molecule has 3 N–H and O–H groups in total. The zero-order chi connectivity index (χ0) is 15.4. The molecule has 0 fully saturated rings. The van der Waals surface area contributed by atoms with E-state index in [-0.39, 0.29) is 11.9 Å². The van der Waals surface area contributed by atoms with Crippen molar-refractivity contribution in [3.05, 3.63) is 57.4 Å². The molecule has 1 aromatic heterocycles. The van der Waals surface area contributed by atoms with Gasteiger partial charge in [0.25, 0.3) is 0 Å². The van der Waals surface area contributed by atoms with Crippen molar-refractivity contribution in [3.8, 4) is 0 Å². The van der Waals surface area contributed by atoms with Gasteiger partial charge in [0.1, 0.15) is 11.6 Å². The molecule has 0 spiro atoms. The molecule has 0 bridgehead atoms. The molecule has 21 heavy (non-hydrogen) atoms. The van der Waals surface area contributed by atoms with E-state index >= 15 is 0 Å². The number of benzene rings is 1. The second kappa shape index (κ2) is 7.00. The van der Waals surface area contributed by atoms with Gasteiger partial charge in [0.2, 0.25) is 0 Å². The van der Waals surface area contributed by atoms with Gasteiger partial charge >= 0.3 is 0 Å². The topological polar surface area (TPSA) is 50.9 Å². The van der Waals surface area contributed by atoms with Crippen LogP contribution in [-0.4, -0.2) is 11.5 Å². The van der Waals surface area contributed by atoms with Gasteiger partial charge in [0.05, 0.1) is 6.04 Å². The average Bonchev–Trinajstić information content (AvgIpc) is 2.44. The molecule has 1 aromatic carbocycles. The summed E-state index contributed by atoms with van der Waals surface area (Å²) in [5.74, 6) is 0.162. The van der Waals surface area contributed by atoms with Crippen molar-refractivity contribution >= 4 is 21.7 Å². The maximum absolute atomic E-state index is 14.3. The quantitative estimate of drug-likeness (QED) is 0.856. The molecular weight excluding hydrogens is 333 g/mol. The smallest absolute Gasteiger partial charge is 0.129 e. The van der Waals surface area contributed by atoms with Crippen LogP contribution in [0.4, 0.5) is 10.2 Å². The normalized spacial score (nSPS) is 12.4. The molecule has 2 rings (SSSR count). The summed E-state index contributed by atoms with van der Waals surface area (Å²) in [6, 6.07) is 6.73. The summed E-state index contributed by atoms with van der Waals surface area (Å²) in [5, 5.41) is 3.36. The van der Waals surface area contributed by atoms with E-state index in [1.54, 1.807) is 12.3 Å². The molecule has 1 atom stereocenters. The molecule has 0 saturated carbocycles. The van der Waals surface area contributed by atoms with Crippen molar-refractivity contribution in [2.45, 2.75) is 26.3 Å². The van der Waals surface area contributed by atoms with Crippen LogP contribution in [0.1, 0.15) is 36.1 Å². The van der Waals surface area contributed by atoms with E-state index in [4.69, 9.17) is 5.73 Å². The number of aromatic nitrogens is 1. The molecule has 2 aromatic rings. The lowest BCUT2D eigenvalue weighted by Gasteiger charge is -2.21. The van der Waals surface area contributed by atoms with Crippen LogP contribution < -0.4 is 11.1 Å². The maximum atomic E-state index is 14.3. The van der Waals surface area contributed by atoms with Crippen LogP contribution in [0.15, 0.2) is 34.9 Å². The van der Waals surface area contributed by atoms with Gasteiger partial charge in [-0.15, -0.1) is 0 Å². The molecule has 0 amide bonds. The highest BCUT2D eigenvalue weighted by Gasteiger charge is 2.20. The van der Waals surface area contributed by atoms with E-state index in [1.807, 2.05) is 19.1 Å². The second-order valence-corrected chi connectivity index (χ2v) is 5.96. The summed E-state index contributed by atoms with van der Waals surface area (Å²) >= 11 is 3.28. The lowest BCUT2D eigenvalue weighted by molar-refractivity contribution is 0.546. The van der Waals surface area contributed by atoms with Gasteiger partial charge in [-0.2, -0.15) is 0 Å². The average molecular weight is 352 g/mol. The number of anilines is 1. The third-order valence-electron chi connectivity index (χ3n) is 3.27. The molecular formula is C16H19BrFN3. The predicted molar refractivity (Wildman–Crippen MR) is 87.6 cm³/mol. The Hall–Kier alpha value is -1.46. The number of nitrogens with two attached hydrogens (primary N) is 1. The number of hydrogen-bond acceptors (Lipinski definition) is 3. The zero-order valence-corrected chi connectivity index (χ0v) is 13.7. The van der Waals surface area contributed by atoms with E-state index < -0.39 is 0 Å². The first-order chi connectivity index (χ1) is 10.0. The molecule has 0 radical (unpaired) electrons. The highest BCUT2D eigenvalue weighted by atomic mass is 79.9. The van der Waals surface area contributed by atoms with Crippen molar-refractivity contribution in [2.75, 3.05) is 12.3 Å². The Bertz CT molecular complexity index is 631. The third kappa shape index (κ3) is 3.80. The Morgan fingerprint density at radius 1 is 1.33 bits per heavy atom. The Kier molecular flexibility index (Phi) is 5.31. The van der Waals surface area contributed by atoms with Crippen LogP contribution in [0.3, 0.4) is 0 Å². The van der Waals surface area contributed by atoms with E-state index in [2.05, 4.69) is 33.2 Å². The fourth-order valence-corrected chi connectivity index (χ4v) is 2.58. The molecule has 112 valence electrons. The first-order valence-corrected chi connectivity index (χ1v) is 7.72. The third-order valence-corrected chi connectivity index (χ3v) is 3.76. The minimum Gasteiger partial charge on any atom is -0.383 e. The van der Waals surface area contributed by atoms with E-state index in [0.717, 1.165) is 24.1 Å². The van der Waals surface area contributed by atoms with Crippen molar-refractivity contribution in [3.63, 3.8) is 0 Å². The minimum absolute atomic E-state index is 0.265. The fourth-order valence-electron chi connectivity index (χ4n) is 2.25. The summed E-state index contributed by atoms with van der Waals surface area (Å²) in [6.45, 7) is 4.79. The molecule has 0 aliphatic rings. The first-order valence-electron chi connectivity index (χ1n) is 6.93. The van der Waals surface area contributed by atoms with Crippen molar-refractivity contribution < 1.29 is 4.39 Å². The Balaban J connectivity index is 2.49. The fraction of sp³-hybridized carbons (Fsp3) is 0.312. The number of aryl methyl sites for hydroxylation is 1. The number of nitrogens with one attached hydrogen (secondary N) is 1. The van der Waals surface area contributed by atoms with Crippen LogP contribution >= 0.6 is 15.9 Å². The lowest BCUT2D eigenvalue weighted by atomic mass is 9.97. The number of hydrogen-bond donors (Lipinski definition) is 2. The van der Waals surface area contributed by atoms with E-state index in [1.165, 1.54) is 6.07 Å². The van der Waals surface area contributed by atoms with Crippen LogP contribution in [-0.2, 0) is 0 Å². The number of nitrogen functional groups attached to an aromatic ring is 1. The van der Waals surface area contributed by atoms with Crippen molar-refractivity contribution in [1.82, 2.24) is 10.3 Å². The number of pyridine rings is 1. The van der Waals surface area contributed by atoms with Crippen molar-refractivity contribution in [1.29, 1.82) is 0 Å². The van der Waals surface area contributed by atoms with Gasteiger partial charge in [0.15, 0.2) is 0 Å². The van der Waals surface area contributed by atoms with E-state index in [9.17, 15) is 4.39 Å². The Labute approximate surface area is 132 Å². The van der Waals surface area contributed by atoms with Gasteiger partial charge < -0.3 is 11.1 Å². The van der Waals surface area contributed by atoms with Crippen LogP contribution in [0.2, 0.25) is 0 Å². The van der Waals surface area contributed by atoms with Gasteiger partial charge in [-0.3, -0.25) is 0 Å². The summed E-state index contributed by atoms with van der Waals surface area (Å²) in [4.78, 5) is 4.19. The first kappa shape index (κ1) is 15.9. The largest absolute Gasteiger partial charge is 0.383 e. The van der Waals surface area contributed by atoms with Gasteiger partial charge in [0, 0.05) is 21.8 Å². The molecule has 0 aliphatic carbocycles. The van der Waals surface area contributed by atoms with Gasteiger partial charge in [-0.05, 0) is 43.7 Å². The van der Waals surface area contributed by atoms with Gasteiger partial charge in [-0.25, -0.2) is 9.37 Å². The van der Waals surface area contributed by atoms with Gasteiger partial charge in [-0.1, -0.05) is 28.9 Å². The van der Waals surface area contributed by atoms with Crippen LogP contribution in [0.25, 0.3) is 0 Å². The molecule has 5 heteroatoms. The SMILES string of the molecule is CCCNC(c1ccc(Br)cc1F)c1cc(C)cnc1N. The predicted octanol–water partition coefficient (Wildman–Crippen LogP) is 3.96. The summed E-state index contributed by atoms with van der Waals surface area (Å²) < 4.78 is 15.0. The van der Waals surface area contributed by atoms with Crippen molar-refractivity contribution in [2.24, 2.45) is 0 Å². The number of rotatable bonds is 5.